The molecule has 2 aromatic carbocycles. The summed E-state index contributed by atoms with van der Waals surface area (Å²) in [6.45, 7) is 25.6. The maximum Gasteiger partial charge on any atom is 0.178 e. The van der Waals surface area contributed by atoms with Crippen molar-refractivity contribution in [3.05, 3.63) is 193 Å². The Morgan fingerprint density at radius 1 is 0.256 bits per heavy atom. The van der Waals surface area contributed by atoms with Crippen LogP contribution in [0.25, 0.3) is 66.7 Å². The molecule has 0 saturated carbocycles. The van der Waals surface area contributed by atoms with Gasteiger partial charge in [0.25, 0.3) is 0 Å². The number of fused-ring (bicyclic) bond motifs is 6. The average molecular weight is 1040 g/mol. The largest absolute Gasteiger partial charge is 0.253 e. The van der Waals surface area contributed by atoms with Crippen molar-refractivity contribution in [1.82, 2.24) is 79.7 Å². The molecule has 0 bridgehead atoms. The van der Waals surface area contributed by atoms with E-state index in [1.165, 1.54) is 16.7 Å². The summed E-state index contributed by atoms with van der Waals surface area (Å²) in [7, 11) is 0. The molecule has 0 fully saturated rings. The third kappa shape index (κ3) is 15.6. The molecule has 10 aromatic heterocycles. The molecule has 12 rings (SSSR count). The molecule has 0 saturated heterocycles. The number of benzene rings is 2. The average Bonchev–Trinajstić information content (AvgIpc) is 3.48. The zero-order valence-corrected chi connectivity index (χ0v) is 46.6. The molecule has 78 heavy (non-hydrogen) atoms. The quantitative estimate of drug-likeness (QED) is 0.152. The van der Waals surface area contributed by atoms with Gasteiger partial charge in [-0.1, -0.05) is 107 Å². The normalized spacial score (nSPS) is 11.0. The van der Waals surface area contributed by atoms with Gasteiger partial charge in [0.05, 0.1) is 33.5 Å². The maximum atomic E-state index is 4.51. The summed E-state index contributed by atoms with van der Waals surface area (Å²) in [6.07, 6.45) is 22.6. The second kappa shape index (κ2) is 27.7. The molecule has 0 unspecified atom stereocenters. The van der Waals surface area contributed by atoms with Crippen LogP contribution in [-0.2, 0) is 0 Å². The predicted molar refractivity (Wildman–Crippen MR) is 313 cm³/mol. The Morgan fingerprint density at radius 2 is 0.744 bits per heavy atom. The first-order chi connectivity index (χ1) is 37.7. The van der Waals surface area contributed by atoms with Crippen LogP contribution in [0.2, 0.25) is 0 Å². The number of nitrogens with zero attached hydrogens (tertiary/aromatic N) is 16. The molecule has 396 valence electrons. The van der Waals surface area contributed by atoms with Gasteiger partial charge in [-0.05, 0) is 107 Å². The van der Waals surface area contributed by atoms with Gasteiger partial charge in [-0.15, -0.1) is 0 Å². The summed E-state index contributed by atoms with van der Waals surface area (Å²) in [5.41, 5.74) is 17.1. The summed E-state index contributed by atoms with van der Waals surface area (Å²) in [6, 6.07) is 25.9. The van der Waals surface area contributed by atoms with Gasteiger partial charge in [-0.25, -0.2) is 44.9 Å². The predicted octanol–water partition coefficient (Wildman–Crippen LogP) is 14.1. The van der Waals surface area contributed by atoms with Gasteiger partial charge >= 0.3 is 0 Å². The van der Waals surface area contributed by atoms with E-state index < -0.39 is 0 Å². The summed E-state index contributed by atoms with van der Waals surface area (Å²) < 4.78 is 0. The van der Waals surface area contributed by atoms with Gasteiger partial charge in [-0.3, -0.25) is 34.9 Å². The van der Waals surface area contributed by atoms with Crippen LogP contribution in [0.5, 0.6) is 0 Å². The standard InChI is InChI=1S/2C11H12N2.4C10H11N3/c1-8(2)9-4-3-5-10-11(9)13-7-6-12-10;1-8(2)11-7-12-9-5-3-4-6-10(9)13-11;1-7(2)8-5-9-10(13-6-8)12-4-3-11-9;1-7(2)8-3-4-12-10-9(8)11-5-6-13-10;1-7(2)8-3-4-9-10(13-8)12-6-5-11-9;1-7(2)9-6-12-8-4-3-5-11-10(8)13-9/h2*3-8H,1-2H3;4*3-7H,1-2H3. The molecule has 0 N–H and O–H groups in total. The van der Waals surface area contributed by atoms with Crippen LogP contribution in [0.15, 0.2) is 159 Å². The van der Waals surface area contributed by atoms with Gasteiger partial charge in [0.1, 0.15) is 22.1 Å². The molecule has 0 aliphatic carbocycles. The Labute approximate surface area is 456 Å². The van der Waals surface area contributed by atoms with Gasteiger partial charge in [-0.2, -0.15) is 0 Å². The highest BCUT2D eigenvalue weighted by molar-refractivity contribution is 5.78. The number of pyridine rings is 4. The van der Waals surface area contributed by atoms with Gasteiger partial charge < -0.3 is 0 Å². The fourth-order valence-electron chi connectivity index (χ4n) is 7.61. The first kappa shape index (κ1) is 56.8. The number of para-hydroxylation sites is 3. The van der Waals surface area contributed by atoms with Crippen LogP contribution in [0.1, 0.15) is 152 Å². The van der Waals surface area contributed by atoms with Crippen molar-refractivity contribution in [2.75, 3.05) is 0 Å². The minimum absolute atomic E-state index is 0.402. The Bertz CT molecular complexity index is 3380. The van der Waals surface area contributed by atoms with E-state index in [-0.39, 0.29) is 0 Å². The van der Waals surface area contributed by atoms with E-state index in [2.05, 4.69) is 169 Å². The first-order valence-electron chi connectivity index (χ1n) is 26.4. The van der Waals surface area contributed by atoms with Gasteiger partial charge in [0, 0.05) is 86.3 Å². The van der Waals surface area contributed by atoms with Crippen molar-refractivity contribution in [3.8, 4) is 0 Å². The maximum absolute atomic E-state index is 4.51. The van der Waals surface area contributed by atoms with Crippen molar-refractivity contribution in [2.24, 2.45) is 0 Å². The molecule has 0 radical (unpaired) electrons. The fourth-order valence-corrected chi connectivity index (χ4v) is 7.61. The Kier molecular flexibility index (Phi) is 20.2. The van der Waals surface area contributed by atoms with Gasteiger partial charge in [0.15, 0.2) is 22.6 Å². The van der Waals surface area contributed by atoms with E-state index in [0.717, 1.165) is 78.2 Å². The molecule has 10 heterocycles. The van der Waals surface area contributed by atoms with E-state index in [1.807, 2.05) is 91.4 Å². The molecule has 0 spiro atoms. The molecular weight excluding hydrogens is 969 g/mol. The Hall–Kier alpha value is -8.92. The molecule has 0 amide bonds. The van der Waals surface area contributed by atoms with Crippen molar-refractivity contribution >= 4 is 66.7 Å². The topological polar surface area (TPSA) is 206 Å². The minimum atomic E-state index is 0.402. The second-order valence-electron chi connectivity index (χ2n) is 20.1. The van der Waals surface area contributed by atoms with Crippen LogP contribution < -0.4 is 0 Å². The van der Waals surface area contributed by atoms with Crippen LogP contribution in [0.3, 0.4) is 0 Å². The SMILES string of the molecule is CC(C)c1ccc2nccnc2n1.CC(C)c1cccc2nccnc12.CC(C)c1ccnc2nccnc12.CC(C)c1cnc2ccccc2n1.CC(C)c1cnc2cccnc2n1.CC(C)c1cnc2nccnc2c1. The van der Waals surface area contributed by atoms with Crippen molar-refractivity contribution < 1.29 is 0 Å². The number of hydrogen-bond donors (Lipinski definition) is 0. The second-order valence-corrected chi connectivity index (χ2v) is 20.1. The summed E-state index contributed by atoms with van der Waals surface area (Å²) in [5.74, 6) is 2.73. The van der Waals surface area contributed by atoms with Crippen LogP contribution >= 0.6 is 0 Å². The molecule has 0 aliphatic heterocycles. The molecular formula is C62H68N16. The molecule has 16 nitrogen and oxygen atoms in total. The number of rotatable bonds is 6. The van der Waals surface area contributed by atoms with Crippen LogP contribution in [0.4, 0.5) is 0 Å². The monoisotopic (exact) mass is 1040 g/mol. The molecule has 0 atom stereocenters. The van der Waals surface area contributed by atoms with Crippen LogP contribution in [0, 0.1) is 0 Å². The van der Waals surface area contributed by atoms with Crippen molar-refractivity contribution in [1.29, 1.82) is 0 Å². The van der Waals surface area contributed by atoms with E-state index in [1.54, 1.807) is 62.0 Å². The first-order valence-corrected chi connectivity index (χ1v) is 26.4. The fraction of sp³-hybridized carbons (Fsp3) is 0.290. The number of hydrogen-bond acceptors (Lipinski definition) is 16. The number of aromatic nitrogens is 16. The lowest BCUT2D eigenvalue weighted by molar-refractivity contribution is 0.819. The minimum Gasteiger partial charge on any atom is -0.253 e. The molecule has 12 aromatic rings. The third-order valence-corrected chi connectivity index (χ3v) is 12.1. The smallest absolute Gasteiger partial charge is 0.178 e. The van der Waals surface area contributed by atoms with E-state index in [4.69, 9.17) is 0 Å². The van der Waals surface area contributed by atoms with Crippen molar-refractivity contribution in [2.45, 2.75) is 119 Å². The molecule has 16 heteroatoms. The lowest BCUT2D eigenvalue weighted by Gasteiger charge is -2.07. The van der Waals surface area contributed by atoms with E-state index in [0.29, 0.717) is 41.2 Å². The summed E-state index contributed by atoms with van der Waals surface area (Å²) in [5, 5.41) is 0. The van der Waals surface area contributed by atoms with Crippen LogP contribution in [-0.4, -0.2) is 79.7 Å². The van der Waals surface area contributed by atoms with Crippen molar-refractivity contribution in [3.63, 3.8) is 0 Å². The lowest BCUT2D eigenvalue weighted by Crippen LogP contribution is -1.95. The highest BCUT2D eigenvalue weighted by atomic mass is 14.9. The summed E-state index contributed by atoms with van der Waals surface area (Å²) >= 11 is 0. The zero-order chi connectivity index (χ0) is 55.6. The van der Waals surface area contributed by atoms with Gasteiger partial charge in [0.2, 0.25) is 0 Å². The Balaban J connectivity index is 0.000000136. The Morgan fingerprint density at radius 3 is 1.41 bits per heavy atom. The summed E-state index contributed by atoms with van der Waals surface area (Å²) in [4.78, 5) is 68.1. The van der Waals surface area contributed by atoms with E-state index >= 15 is 0 Å². The zero-order valence-electron chi connectivity index (χ0n) is 46.6. The van der Waals surface area contributed by atoms with E-state index in [9.17, 15) is 0 Å². The molecule has 0 aliphatic rings. The highest BCUT2D eigenvalue weighted by Gasteiger charge is 2.09. The lowest BCUT2D eigenvalue weighted by atomic mass is 10.0. The highest BCUT2D eigenvalue weighted by Crippen LogP contribution is 2.23. The third-order valence-electron chi connectivity index (χ3n) is 12.1.